The number of carbonyl (C=O) groups excluding carboxylic acids is 1. The van der Waals surface area contributed by atoms with Gasteiger partial charge in [0.15, 0.2) is 0 Å². The second-order valence-electron chi connectivity index (χ2n) is 8.64. The van der Waals surface area contributed by atoms with Gasteiger partial charge in [-0.05, 0) is 55.3 Å². The quantitative estimate of drug-likeness (QED) is 0.611. The van der Waals surface area contributed by atoms with Crippen molar-refractivity contribution >= 4 is 28.3 Å². The number of carbonyl (C=O) groups is 1. The molecule has 1 saturated heterocycles. The lowest BCUT2D eigenvalue weighted by molar-refractivity contribution is 0.0384. The highest BCUT2D eigenvalue weighted by atomic mass is 16.5. The first kappa shape index (κ1) is 21.6. The number of nitrogens with one attached hydrogen (secondary N) is 1. The van der Waals surface area contributed by atoms with Crippen LogP contribution in [0, 0.1) is 6.92 Å². The van der Waals surface area contributed by atoms with Gasteiger partial charge in [0.05, 0.1) is 30.9 Å². The van der Waals surface area contributed by atoms with Gasteiger partial charge in [0.1, 0.15) is 11.5 Å². The van der Waals surface area contributed by atoms with Crippen molar-refractivity contribution in [1.29, 1.82) is 0 Å². The molecule has 3 aromatic rings. The normalized spacial score (nSPS) is 16.5. The minimum Gasteiger partial charge on any atom is -0.491 e. The molecule has 1 fully saturated rings. The molecule has 0 saturated carbocycles. The fourth-order valence-corrected chi connectivity index (χ4v) is 4.32. The van der Waals surface area contributed by atoms with Crippen molar-refractivity contribution < 1.29 is 14.3 Å². The van der Waals surface area contributed by atoms with E-state index in [4.69, 9.17) is 14.5 Å². The number of ether oxygens (including phenoxy) is 2. The van der Waals surface area contributed by atoms with Gasteiger partial charge < -0.3 is 14.8 Å². The molecular weight excluding hydrogens is 414 g/mol. The maximum atomic E-state index is 13.3. The Morgan fingerprint density at radius 2 is 1.88 bits per heavy atom. The molecule has 2 aromatic carbocycles. The van der Waals surface area contributed by atoms with E-state index in [1.165, 1.54) is 5.56 Å². The molecule has 3 heterocycles. The summed E-state index contributed by atoms with van der Waals surface area (Å²) in [5, 5.41) is 3.91. The molecule has 6 heteroatoms. The zero-order chi connectivity index (χ0) is 22.6. The summed E-state index contributed by atoms with van der Waals surface area (Å²) in [5.74, 6) is 0.602. The van der Waals surface area contributed by atoms with E-state index in [1.807, 2.05) is 49.4 Å². The summed E-state index contributed by atoms with van der Waals surface area (Å²) in [4.78, 5) is 20.5. The Morgan fingerprint density at radius 1 is 1.06 bits per heavy atom. The first-order chi connectivity index (χ1) is 16.2. The molecule has 0 atom stereocenters. The Hall–Kier alpha value is -3.22. The van der Waals surface area contributed by atoms with Crippen LogP contribution in [0.4, 0.5) is 5.69 Å². The topological polar surface area (TPSA) is 63.7 Å². The van der Waals surface area contributed by atoms with Crippen molar-refractivity contribution in [2.24, 2.45) is 0 Å². The summed E-state index contributed by atoms with van der Waals surface area (Å²) in [5.41, 5.74) is 5.23. The Labute approximate surface area is 194 Å². The lowest BCUT2D eigenvalue weighted by atomic mass is 10.0. The number of benzene rings is 2. The van der Waals surface area contributed by atoms with Crippen molar-refractivity contribution in [3.05, 3.63) is 77.0 Å². The number of aryl methyl sites for hydroxylation is 1. The standard InChI is InChI=1S/C27H29N3O3/c1-19-4-9-24-22(17-19)23(18-25(29-24)26-3-2-14-33-26)27(31)28-21-7-5-20(6-8-21)10-11-30-12-15-32-16-13-30/h3-9,17-18H,2,10-16H2,1H3,(H,28,31). The molecule has 5 rings (SSSR count). The number of fused-ring (bicyclic) bond motifs is 1. The van der Waals surface area contributed by atoms with Gasteiger partial charge in [0.25, 0.3) is 5.91 Å². The van der Waals surface area contributed by atoms with Crippen LogP contribution >= 0.6 is 0 Å². The molecule has 0 radical (unpaired) electrons. The minimum atomic E-state index is -0.145. The monoisotopic (exact) mass is 443 g/mol. The molecule has 0 aliphatic carbocycles. The summed E-state index contributed by atoms with van der Waals surface area (Å²) >= 11 is 0. The molecule has 1 aromatic heterocycles. The van der Waals surface area contributed by atoms with Gasteiger partial charge in [0, 0.05) is 37.1 Å². The Bertz CT molecular complexity index is 1180. The molecule has 0 spiro atoms. The molecule has 2 aliphatic heterocycles. The molecule has 0 unspecified atom stereocenters. The Kier molecular flexibility index (Phi) is 6.37. The smallest absolute Gasteiger partial charge is 0.256 e. The molecule has 33 heavy (non-hydrogen) atoms. The third-order valence-corrected chi connectivity index (χ3v) is 6.20. The second-order valence-corrected chi connectivity index (χ2v) is 8.64. The van der Waals surface area contributed by atoms with Crippen LogP contribution in [0.1, 0.15) is 33.6 Å². The number of pyridine rings is 1. The number of morpholine rings is 1. The average Bonchev–Trinajstić information content (AvgIpc) is 3.39. The van der Waals surface area contributed by atoms with E-state index in [9.17, 15) is 4.79 Å². The van der Waals surface area contributed by atoms with Crippen molar-refractivity contribution in [2.45, 2.75) is 19.8 Å². The maximum absolute atomic E-state index is 13.3. The highest BCUT2D eigenvalue weighted by Crippen LogP contribution is 2.27. The number of amides is 1. The van der Waals surface area contributed by atoms with Crippen LogP contribution in [-0.2, 0) is 15.9 Å². The van der Waals surface area contributed by atoms with E-state index < -0.39 is 0 Å². The predicted octanol–water partition coefficient (Wildman–Crippen LogP) is 4.43. The molecule has 6 nitrogen and oxygen atoms in total. The van der Waals surface area contributed by atoms with E-state index in [0.29, 0.717) is 17.9 Å². The van der Waals surface area contributed by atoms with Crippen LogP contribution in [0.3, 0.4) is 0 Å². The van der Waals surface area contributed by atoms with Crippen molar-refractivity contribution in [3.63, 3.8) is 0 Å². The van der Waals surface area contributed by atoms with Crippen LogP contribution < -0.4 is 5.32 Å². The van der Waals surface area contributed by atoms with Gasteiger partial charge in [-0.25, -0.2) is 4.98 Å². The Morgan fingerprint density at radius 3 is 2.64 bits per heavy atom. The van der Waals surface area contributed by atoms with Gasteiger partial charge in [-0.3, -0.25) is 9.69 Å². The van der Waals surface area contributed by atoms with Crippen LogP contribution in [0.2, 0.25) is 0 Å². The number of nitrogens with zero attached hydrogens (tertiary/aromatic N) is 2. The lowest BCUT2D eigenvalue weighted by Crippen LogP contribution is -2.37. The molecule has 1 N–H and O–H groups in total. The summed E-state index contributed by atoms with van der Waals surface area (Å²) in [6.07, 6.45) is 3.88. The lowest BCUT2D eigenvalue weighted by Gasteiger charge is -2.26. The van der Waals surface area contributed by atoms with E-state index in [1.54, 1.807) is 0 Å². The van der Waals surface area contributed by atoms with E-state index in [-0.39, 0.29) is 5.91 Å². The van der Waals surface area contributed by atoms with Gasteiger partial charge >= 0.3 is 0 Å². The molecule has 2 aliphatic rings. The van der Waals surface area contributed by atoms with E-state index in [0.717, 1.165) is 73.6 Å². The third kappa shape index (κ3) is 5.07. The fourth-order valence-electron chi connectivity index (χ4n) is 4.32. The summed E-state index contributed by atoms with van der Waals surface area (Å²) < 4.78 is 11.1. The number of anilines is 1. The highest BCUT2D eigenvalue weighted by Gasteiger charge is 2.18. The van der Waals surface area contributed by atoms with Crippen molar-refractivity contribution in [3.8, 4) is 0 Å². The fraction of sp³-hybridized carbons (Fsp3) is 0.333. The molecule has 0 bridgehead atoms. The van der Waals surface area contributed by atoms with Gasteiger partial charge in [-0.1, -0.05) is 23.8 Å². The van der Waals surface area contributed by atoms with Crippen molar-refractivity contribution in [2.75, 3.05) is 44.8 Å². The first-order valence-electron chi connectivity index (χ1n) is 11.6. The van der Waals surface area contributed by atoms with Crippen molar-refractivity contribution in [1.82, 2.24) is 9.88 Å². The minimum absolute atomic E-state index is 0.145. The summed E-state index contributed by atoms with van der Waals surface area (Å²) in [7, 11) is 0. The van der Waals surface area contributed by atoms with Crippen LogP contribution in [0.25, 0.3) is 16.7 Å². The Balaban J connectivity index is 1.33. The van der Waals surface area contributed by atoms with E-state index in [2.05, 4.69) is 22.3 Å². The summed E-state index contributed by atoms with van der Waals surface area (Å²) in [6.45, 7) is 7.33. The van der Waals surface area contributed by atoms with Gasteiger partial charge in [-0.15, -0.1) is 0 Å². The first-order valence-corrected chi connectivity index (χ1v) is 11.6. The van der Waals surface area contributed by atoms with Crippen LogP contribution in [-0.4, -0.2) is 55.2 Å². The maximum Gasteiger partial charge on any atom is 0.256 e. The number of hydrogen-bond acceptors (Lipinski definition) is 5. The molecular formula is C27H29N3O3. The zero-order valence-corrected chi connectivity index (χ0v) is 19.0. The van der Waals surface area contributed by atoms with E-state index >= 15 is 0 Å². The molecule has 1 amide bonds. The number of hydrogen-bond donors (Lipinski definition) is 1. The number of rotatable bonds is 6. The predicted molar refractivity (Wildman–Crippen MR) is 130 cm³/mol. The molecule has 170 valence electrons. The van der Waals surface area contributed by atoms with Gasteiger partial charge in [-0.2, -0.15) is 0 Å². The van der Waals surface area contributed by atoms with Crippen LogP contribution in [0.15, 0.2) is 54.6 Å². The second kappa shape index (κ2) is 9.73. The summed E-state index contributed by atoms with van der Waals surface area (Å²) in [6, 6.07) is 16.0. The average molecular weight is 444 g/mol. The van der Waals surface area contributed by atoms with Crippen LogP contribution in [0.5, 0.6) is 0 Å². The largest absolute Gasteiger partial charge is 0.491 e. The van der Waals surface area contributed by atoms with Gasteiger partial charge in [0.2, 0.25) is 0 Å². The number of aromatic nitrogens is 1. The third-order valence-electron chi connectivity index (χ3n) is 6.20. The SMILES string of the molecule is Cc1ccc2nc(C3=CCCO3)cc(C(=O)Nc3ccc(CCN4CCOCC4)cc3)c2c1. The zero-order valence-electron chi connectivity index (χ0n) is 19.0. The highest BCUT2D eigenvalue weighted by molar-refractivity contribution is 6.12.